The number of aryl methyl sites for hydroxylation is 2. The number of benzene rings is 2. The summed E-state index contributed by atoms with van der Waals surface area (Å²) in [6.45, 7) is 3.59. The molecule has 1 aliphatic rings. The summed E-state index contributed by atoms with van der Waals surface area (Å²) in [6, 6.07) is 17.4. The SMILES string of the molecule is Cc1ccc(C(C(=O)NC2CCCC2)N(C(=O)CNC(=O)c2ccco2)c2ccccc2C)cc1. The van der Waals surface area contributed by atoms with Gasteiger partial charge < -0.3 is 15.1 Å². The zero-order valence-electron chi connectivity index (χ0n) is 20.1. The smallest absolute Gasteiger partial charge is 0.287 e. The Kier molecular flexibility index (Phi) is 7.65. The summed E-state index contributed by atoms with van der Waals surface area (Å²) in [5.41, 5.74) is 3.24. The molecular formula is C28H31N3O4. The second kappa shape index (κ2) is 11.0. The lowest BCUT2D eigenvalue weighted by atomic mass is 10.00. The van der Waals surface area contributed by atoms with Crippen LogP contribution in [-0.4, -0.2) is 30.3 Å². The average Bonchev–Trinajstić information content (AvgIpc) is 3.57. The first kappa shape index (κ1) is 24.3. The second-order valence-electron chi connectivity index (χ2n) is 9.01. The van der Waals surface area contributed by atoms with Crippen LogP contribution in [0, 0.1) is 13.8 Å². The van der Waals surface area contributed by atoms with E-state index in [1.54, 1.807) is 6.07 Å². The zero-order chi connectivity index (χ0) is 24.8. The van der Waals surface area contributed by atoms with Gasteiger partial charge in [-0.25, -0.2) is 0 Å². The lowest BCUT2D eigenvalue weighted by molar-refractivity contribution is -0.126. The van der Waals surface area contributed by atoms with Gasteiger partial charge in [0.15, 0.2) is 5.76 Å². The molecule has 2 N–H and O–H groups in total. The van der Waals surface area contributed by atoms with Crippen molar-refractivity contribution in [2.45, 2.75) is 51.6 Å². The van der Waals surface area contributed by atoms with Gasteiger partial charge in [-0.15, -0.1) is 0 Å². The summed E-state index contributed by atoms with van der Waals surface area (Å²) in [5.74, 6) is -0.995. The van der Waals surface area contributed by atoms with E-state index in [1.165, 1.54) is 17.2 Å². The molecule has 1 fully saturated rings. The highest BCUT2D eigenvalue weighted by Gasteiger charge is 2.35. The Morgan fingerprint density at radius 3 is 2.34 bits per heavy atom. The van der Waals surface area contributed by atoms with Crippen LogP contribution in [0.5, 0.6) is 0 Å². The van der Waals surface area contributed by atoms with E-state index in [0.717, 1.165) is 36.8 Å². The van der Waals surface area contributed by atoms with Crippen LogP contribution in [0.3, 0.4) is 0 Å². The van der Waals surface area contributed by atoms with Crippen molar-refractivity contribution in [2.24, 2.45) is 0 Å². The summed E-state index contributed by atoms with van der Waals surface area (Å²) >= 11 is 0. The maximum Gasteiger partial charge on any atom is 0.287 e. The van der Waals surface area contributed by atoms with Crippen LogP contribution in [0.15, 0.2) is 71.3 Å². The number of amides is 3. The molecule has 7 heteroatoms. The normalized spacial score (nSPS) is 14.3. The molecule has 1 heterocycles. The first-order chi connectivity index (χ1) is 16.9. The minimum atomic E-state index is -0.884. The molecule has 1 unspecified atom stereocenters. The molecule has 1 aliphatic carbocycles. The van der Waals surface area contributed by atoms with Gasteiger partial charge in [-0.05, 0) is 56.0 Å². The fraction of sp³-hybridized carbons (Fsp3) is 0.321. The molecule has 0 spiro atoms. The highest BCUT2D eigenvalue weighted by molar-refractivity contribution is 6.04. The van der Waals surface area contributed by atoms with Crippen molar-refractivity contribution in [3.05, 3.63) is 89.4 Å². The van der Waals surface area contributed by atoms with E-state index in [-0.39, 0.29) is 24.3 Å². The van der Waals surface area contributed by atoms with E-state index < -0.39 is 17.9 Å². The quantitative estimate of drug-likeness (QED) is 0.505. The number of nitrogens with zero attached hydrogens (tertiary/aromatic N) is 1. The monoisotopic (exact) mass is 473 g/mol. The Bertz CT molecular complexity index is 1170. The van der Waals surface area contributed by atoms with Gasteiger partial charge in [-0.1, -0.05) is 60.9 Å². The van der Waals surface area contributed by atoms with E-state index in [2.05, 4.69) is 10.6 Å². The van der Waals surface area contributed by atoms with E-state index in [9.17, 15) is 14.4 Å². The molecule has 0 radical (unpaired) electrons. The van der Waals surface area contributed by atoms with Crippen molar-refractivity contribution in [3.8, 4) is 0 Å². The van der Waals surface area contributed by atoms with Gasteiger partial charge in [0.05, 0.1) is 12.8 Å². The number of furan rings is 1. The fourth-order valence-electron chi connectivity index (χ4n) is 4.50. The van der Waals surface area contributed by atoms with Gasteiger partial charge >= 0.3 is 0 Å². The van der Waals surface area contributed by atoms with E-state index in [0.29, 0.717) is 11.3 Å². The first-order valence-corrected chi connectivity index (χ1v) is 12.0. The highest BCUT2D eigenvalue weighted by atomic mass is 16.3. The Balaban J connectivity index is 1.69. The highest BCUT2D eigenvalue weighted by Crippen LogP contribution is 2.31. The number of para-hydroxylation sites is 1. The standard InChI is InChI=1S/C28H31N3O4/c1-19-13-15-21(16-14-19)26(28(34)30-22-9-4-5-10-22)31(23-11-6-3-8-20(23)2)25(32)18-29-27(33)24-12-7-17-35-24/h3,6-8,11-17,22,26H,4-5,9-10,18H2,1-2H3,(H,29,33)(H,30,34). The summed E-state index contributed by atoms with van der Waals surface area (Å²) in [4.78, 5) is 41.4. The molecular weight excluding hydrogens is 442 g/mol. The lowest BCUT2D eigenvalue weighted by Gasteiger charge is -2.33. The van der Waals surface area contributed by atoms with Gasteiger partial charge in [0, 0.05) is 11.7 Å². The van der Waals surface area contributed by atoms with Crippen LogP contribution in [0.2, 0.25) is 0 Å². The lowest BCUT2D eigenvalue weighted by Crippen LogP contribution is -2.49. The van der Waals surface area contributed by atoms with Crippen molar-refractivity contribution in [1.29, 1.82) is 0 Å². The molecule has 7 nitrogen and oxygen atoms in total. The summed E-state index contributed by atoms with van der Waals surface area (Å²) in [5, 5.41) is 5.80. The average molecular weight is 474 g/mol. The van der Waals surface area contributed by atoms with Gasteiger partial charge in [0.1, 0.15) is 6.04 Å². The van der Waals surface area contributed by atoms with Gasteiger partial charge in [0.2, 0.25) is 11.8 Å². The molecule has 0 bridgehead atoms. The summed E-state index contributed by atoms with van der Waals surface area (Å²) in [7, 11) is 0. The number of nitrogens with one attached hydrogen (secondary N) is 2. The second-order valence-corrected chi connectivity index (χ2v) is 9.01. The third-order valence-corrected chi connectivity index (χ3v) is 6.39. The van der Waals surface area contributed by atoms with Gasteiger partial charge in [0.25, 0.3) is 5.91 Å². The molecule has 182 valence electrons. The Hall–Kier alpha value is -3.87. The van der Waals surface area contributed by atoms with Crippen molar-refractivity contribution in [1.82, 2.24) is 10.6 Å². The predicted octanol–water partition coefficient (Wildman–Crippen LogP) is 4.46. The van der Waals surface area contributed by atoms with Crippen LogP contribution < -0.4 is 15.5 Å². The van der Waals surface area contributed by atoms with Crippen LogP contribution in [0.25, 0.3) is 0 Å². The largest absolute Gasteiger partial charge is 0.459 e. The number of carbonyl (C=O) groups excluding carboxylic acids is 3. The van der Waals surface area contributed by atoms with Crippen LogP contribution in [0.1, 0.15) is 59.0 Å². The molecule has 3 aromatic rings. The summed E-state index contributed by atoms with van der Waals surface area (Å²) < 4.78 is 5.13. The number of carbonyl (C=O) groups is 3. The third kappa shape index (κ3) is 5.80. The predicted molar refractivity (Wildman–Crippen MR) is 134 cm³/mol. The molecule has 0 aliphatic heterocycles. The van der Waals surface area contributed by atoms with E-state index >= 15 is 0 Å². The molecule has 35 heavy (non-hydrogen) atoms. The minimum Gasteiger partial charge on any atom is -0.459 e. The molecule has 4 rings (SSSR count). The minimum absolute atomic E-state index is 0.0999. The van der Waals surface area contributed by atoms with Crippen LogP contribution in [-0.2, 0) is 9.59 Å². The Labute approximate surface area is 205 Å². The van der Waals surface area contributed by atoms with Gasteiger partial charge in [-0.2, -0.15) is 0 Å². The van der Waals surface area contributed by atoms with Crippen molar-refractivity contribution < 1.29 is 18.8 Å². The number of hydrogen-bond donors (Lipinski definition) is 2. The molecule has 1 aromatic heterocycles. The molecule has 1 atom stereocenters. The van der Waals surface area contributed by atoms with Crippen molar-refractivity contribution in [3.63, 3.8) is 0 Å². The zero-order valence-corrected chi connectivity index (χ0v) is 20.1. The molecule has 2 aromatic carbocycles. The molecule has 3 amide bonds. The van der Waals surface area contributed by atoms with Gasteiger partial charge in [-0.3, -0.25) is 19.3 Å². The van der Waals surface area contributed by atoms with Crippen molar-refractivity contribution >= 4 is 23.4 Å². The van der Waals surface area contributed by atoms with E-state index in [4.69, 9.17) is 4.42 Å². The number of anilines is 1. The topological polar surface area (TPSA) is 91.7 Å². The third-order valence-electron chi connectivity index (χ3n) is 6.39. The maximum absolute atomic E-state index is 13.7. The van der Waals surface area contributed by atoms with E-state index in [1.807, 2.05) is 62.4 Å². The maximum atomic E-state index is 13.7. The Morgan fingerprint density at radius 2 is 1.69 bits per heavy atom. The fourth-order valence-corrected chi connectivity index (χ4v) is 4.50. The van der Waals surface area contributed by atoms with Crippen molar-refractivity contribution in [2.75, 3.05) is 11.4 Å². The Morgan fingerprint density at radius 1 is 0.971 bits per heavy atom. The van der Waals surface area contributed by atoms with Crippen LogP contribution in [0.4, 0.5) is 5.69 Å². The van der Waals surface area contributed by atoms with Crippen LogP contribution >= 0.6 is 0 Å². The number of rotatable bonds is 8. The summed E-state index contributed by atoms with van der Waals surface area (Å²) in [6.07, 6.45) is 5.43. The molecule has 0 saturated heterocycles. The number of hydrogen-bond acceptors (Lipinski definition) is 4. The molecule has 1 saturated carbocycles. The first-order valence-electron chi connectivity index (χ1n) is 12.0.